The molecule has 0 fully saturated rings. The lowest BCUT2D eigenvalue weighted by Gasteiger charge is -2.11. The molecule has 0 saturated carbocycles. The van der Waals surface area contributed by atoms with Crippen molar-refractivity contribution in [3.63, 3.8) is 0 Å². The molecule has 2 rings (SSSR count). The molecule has 0 saturated heterocycles. The van der Waals surface area contributed by atoms with Crippen LogP contribution in [0.15, 0.2) is 36.4 Å². The zero-order valence-corrected chi connectivity index (χ0v) is 12.3. The highest BCUT2D eigenvalue weighted by atomic mass is 32.3. The summed E-state index contributed by atoms with van der Waals surface area (Å²) in [6, 6.07) is 10.7. The molecule has 0 radical (unpaired) electrons. The Kier molecular flexibility index (Phi) is 4.15. The van der Waals surface area contributed by atoms with E-state index >= 15 is 0 Å². The quantitative estimate of drug-likeness (QED) is 0.871. The Morgan fingerprint density at radius 1 is 1.14 bits per heavy atom. The van der Waals surface area contributed by atoms with Gasteiger partial charge in [-0.3, -0.25) is 9.35 Å². The van der Waals surface area contributed by atoms with Crippen LogP contribution < -0.4 is 4.74 Å². The Labute approximate surface area is 122 Å². The van der Waals surface area contributed by atoms with E-state index in [0.29, 0.717) is 11.3 Å². The lowest BCUT2D eigenvalue weighted by molar-refractivity contribution is -0.135. The summed E-state index contributed by atoms with van der Waals surface area (Å²) >= 11 is 0. The lowest BCUT2D eigenvalue weighted by atomic mass is 9.98. The van der Waals surface area contributed by atoms with Crippen LogP contribution in [0.5, 0.6) is 5.75 Å². The van der Waals surface area contributed by atoms with Crippen molar-refractivity contribution in [1.29, 1.82) is 0 Å². The lowest BCUT2D eigenvalue weighted by Crippen LogP contribution is -2.17. The van der Waals surface area contributed by atoms with Gasteiger partial charge in [-0.05, 0) is 35.4 Å². The van der Waals surface area contributed by atoms with Crippen molar-refractivity contribution in [2.75, 3.05) is 7.11 Å². The van der Waals surface area contributed by atoms with E-state index in [2.05, 4.69) is 4.18 Å². The van der Waals surface area contributed by atoms with Crippen molar-refractivity contribution in [3.05, 3.63) is 42.0 Å². The van der Waals surface area contributed by atoms with Gasteiger partial charge in [0.1, 0.15) is 5.75 Å². The van der Waals surface area contributed by atoms with Crippen molar-refractivity contribution in [3.8, 4) is 5.75 Å². The second kappa shape index (κ2) is 5.71. The minimum absolute atomic E-state index is 0.585. The molecule has 0 aliphatic rings. The molecule has 2 aromatic carbocycles. The molecule has 6 nitrogen and oxygen atoms in total. The molecule has 112 valence electrons. The number of benzene rings is 2. The maximum atomic E-state index is 11.6. The van der Waals surface area contributed by atoms with Crippen LogP contribution in [0.1, 0.15) is 18.4 Å². The molecule has 0 spiro atoms. The molecule has 1 N–H and O–H groups in total. The minimum atomic E-state index is -4.79. The molecule has 21 heavy (non-hydrogen) atoms. The fourth-order valence-corrected chi connectivity index (χ4v) is 2.30. The fraction of sp³-hybridized carbons (Fsp3) is 0.214. The largest absolute Gasteiger partial charge is 0.497 e. The summed E-state index contributed by atoms with van der Waals surface area (Å²) in [6.07, 6.45) is 0. The highest BCUT2D eigenvalue weighted by molar-refractivity contribution is 7.81. The van der Waals surface area contributed by atoms with Crippen LogP contribution in [0.3, 0.4) is 0 Å². The Bertz CT molecular complexity index is 781. The molecular formula is C14H14O6S. The first-order chi connectivity index (χ1) is 9.80. The molecule has 0 amide bonds. The summed E-state index contributed by atoms with van der Waals surface area (Å²) in [4.78, 5) is 11.6. The van der Waals surface area contributed by atoms with Gasteiger partial charge in [-0.2, -0.15) is 8.42 Å². The van der Waals surface area contributed by atoms with Gasteiger partial charge >= 0.3 is 16.4 Å². The predicted molar refractivity (Wildman–Crippen MR) is 76.6 cm³/mol. The van der Waals surface area contributed by atoms with Gasteiger partial charge in [0, 0.05) is 0 Å². The van der Waals surface area contributed by atoms with E-state index < -0.39 is 22.3 Å². The van der Waals surface area contributed by atoms with E-state index in [0.717, 1.165) is 10.8 Å². The third-order valence-electron chi connectivity index (χ3n) is 3.11. The topological polar surface area (TPSA) is 89.9 Å². The number of hydrogen-bond acceptors (Lipinski definition) is 5. The SMILES string of the molecule is COc1ccc2cc(C(C)C(=O)OS(=O)(=O)O)ccc2c1. The van der Waals surface area contributed by atoms with Crippen molar-refractivity contribution in [2.24, 2.45) is 0 Å². The third-order valence-corrected chi connectivity index (χ3v) is 3.49. The number of carbonyl (C=O) groups excluding carboxylic acids is 1. The van der Waals surface area contributed by atoms with Gasteiger partial charge in [0.2, 0.25) is 0 Å². The van der Waals surface area contributed by atoms with Gasteiger partial charge in [-0.25, -0.2) is 0 Å². The van der Waals surface area contributed by atoms with E-state index in [1.165, 1.54) is 6.92 Å². The Hall–Kier alpha value is -2.12. The van der Waals surface area contributed by atoms with Crippen molar-refractivity contribution in [1.82, 2.24) is 0 Å². The van der Waals surface area contributed by atoms with Crippen LogP contribution in [0.2, 0.25) is 0 Å². The summed E-state index contributed by atoms with van der Waals surface area (Å²) in [5.74, 6) is -1.14. The summed E-state index contributed by atoms with van der Waals surface area (Å²) in [7, 11) is -3.22. The maximum absolute atomic E-state index is 11.6. The molecule has 0 aliphatic carbocycles. The number of rotatable bonds is 4. The first-order valence-electron chi connectivity index (χ1n) is 6.08. The molecule has 0 aromatic heterocycles. The first-order valence-corrected chi connectivity index (χ1v) is 7.45. The van der Waals surface area contributed by atoms with E-state index in [1.807, 2.05) is 12.1 Å². The third kappa shape index (κ3) is 3.71. The molecule has 1 unspecified atom stereocenters. The average Bonchev–Trinajstić information content (AvgIpc) is 2.43. The summed E-state index contributed by atoms with van der Waals surface area (Å²) in [5.41, 5.74) is 0.585. The maximum Gasteiger partial charge on any atom is 0.448 e. The molecule has 7 heteroatoms. The summed E-state index contributed by atoms with van der Waals surface area (Å²) < 4.78 is 38.7. The van der Waals surface area contributed by atoms with E-state index in [4.69, 9.17) is 9.29 Å². The smallest absolute Gasteiger partial charge is 0.448 e. The van der Waals surface area contributed by atoms with Crippen LogP contribution in [0, 0.1) is 0 Å². The van der Waals surface area contributed by atoms with E-state index in [-0.39, 0.29) is 0 Å². The zero-order valence-electron chi connectivity index (χ0n) is 11.4. The Morgan fingerprint density at radius 3 is 2.38 bits per heavy atom. The average molecular weight is 310 g/mol. The zero-order chi connectivity index (χ0) is 15.6. The van der Waals surface area contributed by atoms with E-state index in [9.17, 15) is 13.2 Å². The monoisotopic (exact) mass is 310 g/mol. The second-order valence-corrected chi connectivity index (χ2v) is 5.55. The number of carbonyl (C=O) groups is 1. The van der Waals surface area contributed by atoms with Crippen LogP contribution >= 0.6 is 0 Å². The van der Waals surface area contributed by atoms with Gasteiger partial charge in [0.05, 0.1) is 13.0 Å². The molecule has 0 heterocycles. The Morgan fingerprint density at radius 2 is 1.76 bits per heavy atom. The molecule has 0 bridgehead atoms. The van der Waals surface area contributed by atoms with Crippen LogP contribution in [0.25, 0.3) is 10.8 Å². The highest BCUT2D eigenvalue weighted by Gasteiger charge is 2.22. The first kappa shape index (κ1) is 15.3. The summed E-state index contributed by atoms with van der Waals surface area (Å²) in [5, 5.41) is 1.80. The predicted octanol–water partition coefficient (Wildman–Crippen LogP) is 2.30. The van der Waals surface area contributed by atoms with Gasteiger partial charge in [-0.15, -0.1) is 0 Å². The number of hydrogen-bond donors (Lipinski definition) is 1. The standard InChI is InChI=1S/C14H14O6S/c1-9(14(15)20-21(16,17)18)10-3-4-12-8-13(19-2)6-5-11(12)7-10/h3-9H,1-2H3,(H,16,17,18). The number of ether oxygens (including phenoxy) is 1. The summed E-state index contributed by atoms with van der Waals surface area (Å²) in [6.45, 7) is 1.50. The van der Waals surface area contributed by atoms with Gasteiger partial charge in [0.15, 0.2) is 0 Å². The number of methoxy groups -OCH3 is 1. The van der Waals surface area contributed by atoms with Crippen molar-refractivity contribution in [2.45, 2.75) is 12.8 Å². The molecule has 0 aliphatic heterocycles. The Balaban J connectivity index is 2.32. The number of fused-ring (bicyclic) bond motifs is 1. The second-order valence-electron chi connectivity index (χ2n) is 4.52. The van der Waals surface area contributed by atoms with Crippen LogP contribution in [-0.4, -0.2) is 26.0 Å². The highest BCUT2D eigenvalue weighted by Crippen LogP contribution is 2.25. The molecule has 1 atom stereocenters. The molecule has 2 aromatic rings. The van der Waals surface area contributed by atoms with Gasteiger partial charge < -0.3 is 8.92 Å². The normalized spacial score (nSPS) is 12.9. The van der Waals surface area contributed by atoms with Gasteiger partial charge in [-0.1, -0.05) is 24.3 Å². The fourth-order valence-electron chi connectivity index (χ4n) is 1.95. The van der Waals surface area contributed by atoms with Crippen molar-refractivity contribution < 1.29 is 26.7 Å². The van der Waals surface area contributed by atoms with Crippen LogP contribution in [-0.2, 0) is 19.4 Å². The van der Waals surface area contributed by atoms with Crippen LogP contribution in [0.4, 0.5) is 0 Å². The van der Waals surface area contributed by atoms with Gasteiger partial charge in [0.25, 0.3) is 0 Å². The molecular weight excluding hydrogens is 296 g/mol. The van der Waals surface area contributed by atoms with Crippen molar-refractivity contribution >= 4 is 27.1 Å². The van der Waals surface area contributed by atoms with E-state index in [1.54, 1.807) is 31.4 Å². The minimum Gasteiger partial charge on any atom is -0.497 e.